The van der Waals surface area contributed by atoms with E-state index in [0.29, 0.717) is 103 Å². The van der Waals surface area contributed by atoms with Crippen molar-refractivity contribution >= 4 is 59.3 Å². The van der Waals surface area contributed by atoms with Gasteiger partial charge in [0.2, 0.25) is 17.6 Å². The van der Waals surface area contributed by atoms with Crippen LogP contribution in [0.3, 0.4) is 0 Å². The van der Waals surface area contributed by atoms with Gasteiger partial charge in [-0.25, -0.2) is 19.2 Å². The number of ketones is 1. The Balaban J connectivity index is 0.812. The number of Topliss-reactive ketones (excluding diaryl/α,β-unsaturated/α-hetero) is 1. The van der Waals surface area contributed by atoms with Crippen LogP contribution in [0.4, 0.5) is 23.6 Å². The summed E-state index contributed by atoms with van der Waals surface area (Å²) in [6.45, 7) is 1.66. The molecule has 5 heterocycles. The summed E-state index contributed by atoms with van der Waals surface area (Å²) < 4.78 is 54.1. The molecule has 4 aromatic rings. The predicted molar refractivity (Wildman–Crippen MR) is 229 cm³/mol. The van der Waals surface area contributed by atoms with E-state index in [2.05, 4.69) is 25.9 Å². The number of hydrogen-bond donors (Lipinski definition) is 4. The summed E-state index contributed by atoms with van der Waals surface area (Å²) in [5, 5.41) is 8.87. The van der Waals surface area contributed by atoms with Crippen molar-refractivity contribution in [3.8, 4) is 11.1 Å². The van der Waals surface area contributed by atoms with Gasteiger partial charge in [-0.15, -0.1) is 0 Å². The van der Waals surface area contributed by atoms with E-state index in [1.54, 1.807) is 35.8 Å². The zero-order valence-electron chi connectivity index (χ0n) is 34.9. The molecule has 6 rings (SSSR count). The van der Waals surface area contributed by atoms with Crippen LogP contribution in [-0.2, 0) is 20.9 Å². The van der Waals surface area contributed by atoms with Crippen LogP contribution in [0.5, 0.6) is 0 Å². The highest BCUT2D eigenvalue weighted by Crippen LogP contribution is 2.38. The van der Waals surface area contributed by atoms with E-state index in [1.165, 1.54) is 6.33 Å². The van der Waals surface area contributed by atoms with Gasteiger partial charge in [0.05, 0.1) is 17.7 Å². The van der Waals surface area contributed by atoms with Crippen LogP contribution in [0.15, 0.2) is 54.5 Å². The lowest BCUT2D eigenvalue weighted by Crippen LogP contribution is -2.50. The van der Waals surface area contributed by atoms with Gasteiger partial charge < -0.3 is 48.6 Å². The summed E-state index contributed by atoms with van der Waals surface area (Å²) in [6, 6.07) is 9.20. The molecule has 324 valence electrons. The molecule has 1 aromatic carbocycles. The predicted octanol–water partition coefficient (Wildman–Crippen LogP) is 6.33. The molecule has 0 fully saturated rings. The summed E-state index contributed by atoms with van der Waals surface area (Å²) >= 11 is 0. The summed E-state index contributed by atoms with van der Waals surface area (Å²) in [5.41, 5.74) is 11.6. The molecule has 61 heavy (non-hydrogen) atoms. The molecule has 0 bridgehead atoms. The number of unbranched alkanes of at least 4 members (excludes halogenated alkanes) is 3. The Morgan fingerprint density at radius 1 is 0.869 bits per heavy atom. The van der Waals surface area contributed by atoms with Crippen LogP contribution in [0, 0.1) is 20.8 Å². The standard InChI is InChI=1S/C43H53BF3N9O5/c1-28-11-13-31(14-12-28)38-39-41(48)52-27-53-42(39)54(40(38)35(57)26-45)22-9-23-61-43(60)51-21-8-7-20-49-36(58)10-5-4-6-19-50-37(59)18-17-32-15-16-33-25-34-29(2)24-30(3)55(34)44(46,47)56(32)33/h11-16,24-25,27H,4-10,17-23,26H2,1-3H3,(H,49,58)(H,50,59)(H,51,60)(H2,48,52,53). The highest BCUT2D eigenvalue weighted by atomic mass is 19.2. The first-order valence-electron chi connectivity index (χ1n) is 20.8. The number of anilines is 1. The molecule has 0 spiro atoms. The van der Waals surface area contributed by atoms with E-state index in [1.807, 2.05) is 38.1 Å². The van der Waals surface area contributed by atoms with Crippen molar-refractivity contribution in [2.75, 3.05) is 38.6 Å². The van der Waals surface area contributed by atoms with Gasteiger partial charge in [0.25, 0.3) is 0 Å². The number of carbonyl (C=O) groups excluding carboxylic acids is 4. The maximum Gasteiger partial charge on any atom is 0.737 e. The molecular weight excluding hydrogens is 790 g/mol. The largest absolute Gasteiger partial charge is 0.737 e. The molecule has 18 heteroatoms. The minimum absolute atomic E-state index is 0.0344. The lowest BCUT2D eigenvalue weighted by atomic mass is 9.90. The molecule has 0 aliphatic carbocycles. The number of carbonyl (C=O) groups is 4. The van der Waals surface area contributed by atoms with Gasteiger partial charge in [0.1, 0.15) is 23.5 Å². The third kappa shape index (κ3) is 10.2. The van der Waals surface area contributed by atoms with Gasteiger partial charge in [-0.1, -0.05) is 36.2 Å². The number of nitrogen functional groups attached to an aromatic ring is 1. The first-order chi connectivity index (χ1) is 29.3. The number of benzene rings is 1. The molecule has 0 saturated carbocycles. The molecule has 2 aliphatic heterocycles. The zero-order chi connectivity index (χ0) is 43.7. The number of alkyl carbamates (subject to hydrolysis) is 1. The van der Waals surface area contributed by atoms with Gasteiger partial charge in [-0.05, 0) is 75.8 Å². The Labute approximate surface area is 352 Å². The molecule has 3 aromatic heterocycles. The maximum absolute atomic E-state index is 15.6. The Hall–Kier alpha value is -6.20. The molecule has 0 atom stereocenters. The number of amides is 3. The highest BCUT2D eigenvalue weighted by molar-refractivity contribution is 6.58. The average molecular weight is 844 g/mol. The zero-order valence-corrected chi connectivity index (χ0v) is 34.9. The number of alkyl halides is 1. The van der Waals surface area contributed by atoms with E-state index in [-0.39, 0.29) is 49.3 Å². The summed E-state index contributed by atoms with van der Waals surface area (Å²) in [6.07, 6.45) is 10.1. The van der Waals surface area contributed by atoms with Gasteiger partial charge >= 0.3 is 13.1 Å². The number of allylic oxidation sites excluding steroid dienone is 2. The fourth-order valence-corrected chi connectivity index (χ4v) is 8.00. The van der Waals surface area contributed by atoms with Crippen molar-refractivity contribution in [1.82, 2.24) is 35.0 Å². The van der Waals surface area contributed by atoms with Crippen molar-refractivity contribution in [1.29, 1.82) is 0 Å². The molecular formula is C43H53BF3N9O5. The van der Waals surface area contributed by atoms with Crippen molar-refractivity contribution < 1.29 is 41.4 Å². The molecule has 0 saturated heterocycles. The fourth-order valence-electron chi connectivity index (χ4n) is 8.00. The van der Waals surface area contributed by atoms with E-state index >= 15 is 8.63 Å². The molecule has 0 radical (unpaired) electrons. The number of fused-ring (bicyclic) bond motifs is 3. The molecule has 5 N–H and O–H groups in total. The quantitative estimate of drug-likeness (QED) is 0.0427. The fraction of sp³-hybridized carbons (Fsp3) is 0.419. The maximum atomic E-state index is 15.6. The lowest BCUT2D eigenvalue weighted by molar-refractivity contribution is -0.362. The van der Waals surface area contributed by atoms with E-state index < -0.39 is 25.5 Å². The van der Waals surface area contributed by atoms with Crippen LogP contribution in [-0.4, -0.2) is 92.8 Å². The monoisotopic (exact) mass is 843 g/mol. The molecule has 2 aliphatic rings. The van der Waals surface area contributed by atoms with Crippen molar-refractivity contribution in [3.05, 3.63) is 82.7 Å². The second kappa shape index (κ2) is 19.9. The third-order valence-corrected chi connectivity index (χ3v) is 11.0. The first-order valence-corrected chi connectivity index (χ1v) is 20.8. The number of nitrogens with zero attached hydrogens (tertiary/aromatic N) is 5. The normalized spacial score (nSPS) is 13.8. The first kappa shape index (κ1) is 44.4. The molecule has 14 nitrogen and oxygen atoms in total. The number of hydrogen-bond acceptors (Lipinski definition) is 8. The number of nitrogens with two attached hydrogens (primary N) is 1. The number of halogens is 3. The van der Waals surface area contributed by atoms with Crippen molar-refractivity contribution in [2.45, 2.75) is 85.1 Å². The average Bonchev–Trinajstić information content (AvgIpc) is 3.90. The second-order valence-electron chi connectivity index (χ2n) is 15.5. The van der Waals surface area contributed by atoms with E-state index in [9.17, 15) is 23.6 Å². The lowest BCUT2D eigenvalue weighted by Gasteiger charge is -2.30. The van der Waals surface area contributed by atoms with E-state index in [0.717, 1.165) is 26.5 Å². The van der Waals surface area contributed by atoms with Gasteiger partial charge in [-0.2, -0.15) is 0 Å². The number of aromatic nitrogens is 4. The van der Waals surface area contributed by atoms with Crippen LogP contribution in [0.2, 0.25) is 0 Å². The number of ether oxygens (including phenoxy) is 1. The van der Waals surface area contributed by atoms with Crippen molar-refractivity contribution in [3.63, 3.8) is 0 Å². The molecule has 0 unspecified atom stereocenters. The Morgan fingerprint density at radius 3 is 2.28 bits per heavy atom. The Kier molecular flexibility index (Phi) is 14.5. The SMILES string of the molecule is Cc1ccc(-c2c(C(=O)CF)n(CCCOC(=O)NCCCCNC(=O)CCCCCNC(=O)CCC3=[N+]4C(=Cc5c(C)cc(C)n5[B-]4(F)F)C=C3)c3ncnc(N)c23)cc1. The highest BCUT2D eigenvalue weighted by Gasteiger charge is 2.52. The van der Waals surface area contributed by atoms with Crippen LogP contribution < -0.4 is 21.7 Å². The minimum Gasteiger partial charge on any atom is -0.449 e. The number of nitrogens with one attached hydrogen (secondary N) is 3. The topological polar surface area (TPSA) is 178 Å². The van der Waals surface area contributed by atoms with E-state index in [4.69, 9.17) is 10.5 Å². The van der Waals surface area contributed by atoms with Crippen molar-refractivity contribution in [2.24, 2.45) is 0 Å². The Morgan fingerprint density at radius 2 is 1.56 bits per heavy atom. The van der Waals surface area contributed by atoms with Crippen LogP contribution in [0.25, 0.3) is 28.2 Å². The smallest absolute Gasteiger partial charge is 0.449 e. The Bertz CT molecular complexity index is 2390. The summed E-state index contributed by atoms with van der Waals surface area (Å²) in [5.74, 6) is -0.838. The van der Waals surface area contributed by atoms with Gasteiger partial charge in [-0.3, -0.25) is 14.4 Å². The summed E-state index contributed by atoms with van der Waals surface area (Å²) in [4.78, 5) is 58.5. The van der Waals surface area contributed by atoms with Crippen LogP contribution >= 0.6 is 0 Å². The van der Waals surface area contributed by atoms with Gasteiger partial charge in [0.15, 0.2) is 12.4 Å². The minimum atomic E-state index is -4.06. The number of rotatable bonds is 21. The van der Waals surface area contributed by atoms with Gasteiger partial charge in [0, 0.05) is 74.9 Å². The second-order valence-corrected chi connectivity index (χ2v) is 15.5. The molecule has 3 amide bonds. The third-order valence-electron chi connectivity index (χ3n) is 11.0. The summed E-state index contributed by atoms with van der Waals surface area (Å²) in [7, 11) is 0. The number of aryl methyl sites for hydroxylation is 4. The van der Waals surface area contributed by atoms with Crippen LogP contribution in [0.1, 0.15) is 90.8 Å².